The maximum atomic E-state index is 13.6. The summed E-state index contributed by atoms with van der Waals surface area (Å²) in [6, 6.07) is 2.18. The molecule has 0 aliphatic carbocycles. The average Bonchev–Trinajstić information content (AvgIpc) is 2.36. The van der Waals surface area contributed by atoms with Crippen LogP contribution in [0.25, 0.3) is 0 Å². The van der Waals surface area contributed by atoms with Gasteiger partial charge in [0.25, 0.3) is 0 Å². The molecule has 0 aromatic heterocycles. The Labute approximate surface area is 133 Å². The van der Waals surface area contributed by atoms with Crippen LogP contribution in [0, 0.1) is 5.82 Å². The lowest BCUT2D eigenvalue weighted by atomic mass is 10.1. The van der Waals surface area contributed by atoms with Crippen molar-refractivity contribution < 1.29 is 12.8 Å². The van der Waals surface area contributed by atoms with Gasteiger partial charge in [0.05, 0.1) is 10.0 Å². The zero-order valence-electron chi connectivity index (χ0n) is 10.4. The van der Waals surface area contributed by atoms with Crippen molar-refractivity contribution in [3.8, 4) is 0 Å². The van der Waals surface area contributed by atoms with Crippen LogP contribution in [0.15, 0.2) is 17.0 Å². The molecule has 2 N–H and O–H groups in total. The van der Waals surface area contributed by atoms with Gasteiger partial charge in [-0.2, -0.15) is 4.31 Å². The lowest BCUT2D eigenvalue weighted by Gasteiger charge is -2.30. The first kappa shape index (κ1) is 17.9. The Kier molecular flexibility index (Phi) is 6.07. The Balaban J connectivity index is 0.00000200. The molecule has 0 spiro atoms. The topological polar surface area (TPSA) is 63.4 Å². The zero-order valence-corrected chi connectivity index (χ0v) is 13.5. The van der Waals surface area contributed by atoms with Crippen molar-refractivity contribution in [3.05, 3.63) is 28.0 Å². The van der Waals surface area contributed by atoms with Crippen molar-refractivity contribution in [3.63, 3.8) is 0 Å². The van der Waals surface area contributed by atoms with E-state index >= 15 is 0 Å². The smallest absolute Gasteiger partial charge is 0.244 e. The zero-order chi connectivity index (χ0) is 14.2. The van der Waals surface area contributed by atoms with Crippen LogP contribution in [0.4, 0.5) is 4.39 Å². The number of rotatable bonds is 2. The van der Waals surface area contributed by atoms with Crippen molar-refractivity contribution in [2.75, 3.05) is 13.1 Å². The van der Waals surface area contributed by atoms with E-state index in [-0.39, 0.29) is 34.9 Å². The first-order valence-corrected chi connectivity index (χ1v) is 7.93. The summed E-state index contributed by atoms with van der Waals surface area (Å²) in [5.41, 5.74) is 5.76. The Morgan fingerprint density at radius 3 is 2.60 bits per heavy atom. The number of halogens is 4. The molecule has 1 aliphatic heterocycles. The van der Waals surface area contributed by atoms with E-state index in [0.717, 1.165) is 6.42 Å². The van der Waals surface area contributed by atoms with E-state index in [1.807, 2.05) is 0 Å². The third-order valence-electron chi connectivity index (χ3n) is 3.04. The average molecular weight is 364 g/mol. The summed E-state index contributed by atoms with van der Waals surface area (Å²) in [5, 5.41) is -0.689. The van der Waals surface area contributed by atoms with Crippen LogP contribution in [0.3, 0.4) is 0 Å². The van der Waals surface area contributed by atoms with Gasteiger partial charge >= 0.3 is 0 Å². The first-order valence-electron chi connectivity index (χ1n) is 5.73. The van der Waals surface area contributed by atoms with Crippen LogP contribution in [0.1, 0.15) is 12.8 Å². The fourth-order valence-corrected chi connectivity index (χ4v) is 4.29. The summed E-state index contributed by atoms with van der Waals surface area (Å²) in [5.74, 6) is -0.925. The second-order valence-corrected chi connectivity index (χ2v) is 7.13. The van der Waals surface area contributed by atoms with Gasteiger partial charge in [-0.25, -0.2) is 12.8 Å². The summed E-state index contributed by atoms with van der Waals surface area (Å²) in [6.07, 6.45) is 1.45. The van der Waals surface area contributed by atoms with E-state index in [0.29, 0.717) is 13.0 Å². The molecular formula is C11H14Cl3FN2O2S. The highest BCUT2D eigenvalue weighted by atomic mass is 35.5. The van der Waals surface area contributed by atoms with Gasteiger partial charge in [0.2, 0.25) is 10.0 Å². The molecule has 9 heteroatoms. The number of benzene rings is 1. The Hall–Kier alpha value is -0.110. The molecule has 1 aromatic carbocycles. The molecule has 0 bridgehead atoms. The van der Waals surface area contributed by atoms with Gasteiger partial charge in [-0.05, 0) is 25.0 Å². The van der Waals surface area contributed by atoms with Crippen molar-refractivity contribution in [1.29, 1.82) is 0 Å². The predicted octanol–water partition coefficient (Wildman–Crippen LogP) is 2.67. The van der Waals surface area contributed by atoms with Crippen molar-refractivity contribution in [2.24, 2.45) is 5.73 Å². The van der Waals surface area contributed by atoms with E-state index < -0.39 is 20.9 Å². The van der Waals surface area contributed by atoms with Crippen LogP contribution >= 0.6 is 35.6 Å². The van der Waals surface area contributed by atoms with Crippen molar-refractivity contribution in [1.82, 2.24) is 4.31 Å². The van der Waals surface area contributed by atoms with Gasteiger partial charge in [-0.1, -0.05) is 23.2 Å². The maximum absolute atomic E-state index is 13.6. The fraction of sp³-hybridized carbons (Fsp3) is 0.455. The second-order valence-electron chi connectivity index (χ2n) is 4.44. The van der Waals surface area contributed by atoms with Crippen LogP contribution in [0.5, 0.6) is 0 Å². The predicted molar refractivity (Wildman–Crippen MR) is 79.6 cm³/mol. The quantitative estimate of drug-likeness (QED) is 0.822. The molecule has 0 saturated carbocycles. The van der Waals surface area contributed by atoms with Gasteiger partial charge < -0.3 is 5.73 Å². The molecule has 1 atom stereocenters. The Morgan fingerprint density at radius 1 is 1.35 bits per heavy atom. The molecule has 1 aliphatic rings. The molecule has 1 fully saturated rings. The number of hydrogen-bond donors (Lipinski definition) is 1. The van der Waals surface area contributed by atoms with Crippen molar-refractivity contribution >= 4 is 45.6 Å². The normalized spacial score (nSPS) is 20.5. The van der Waals surface area contributed by atoms with E-state index in [2.05, 4.69) is 0 Å². The third-order valence-corrected chi connectivity index (χ3v) is 5.72. The highest BCUT2D eigenvalue weighted by Crippen LogP contribution is 2.32. The minimum atomic E-state index is -3.84. The maximum Gasteiger partial charge on any atom is 0.244 e. The fourth-order valence-electron chi connectivity index (χ4n) is 2.04. The summed E-state index contributed by atoms with van der Waals surface area (Å²) < 4.78 is 39.6. The first-order chi connectivity index (χ1) is 8.84. The van der Waals surface area contributed by atoms with Gasteiger partial charge in [0, 0.05) is 19.1 Å². The third kappa shape index (κ3) is 3.37. The molecule has 1 unspecified atom stereocenters. The monoisotopic (exact) mass is 362 g/mol. The van der Waals surface area contributed by atoms with E-state index in [4.69, 9.17) is 28.9 Å². The largest absolute Gasteiger partial charge is 0.327 e. The molecular weight excluding hydrogens is 350 g/mol. The summed E-state index contributed by atoms with van der Waals surface area (Å²) >= 11 is 11.3. The Morgan fingerprint density at radius 2 is 2.00 bits per heavy atom. The minimum absolute atomic E-state index is 0. The molecule has 114 valence electrons. The minimum Gasteiger partial charge on any atom is -0.327 e. The van der Waals surface area contributed by atoms with Crippen LogP contribution in [-0.2, 0) is 10.0 Å². The van der Waals surface area contributed by atoms with Crippen LogP contribution in [0.2, 0.25) is 10.0 Å². The molecule has 4 nitrogen and oxygen atoms in total. The van der Waals surface area contributed by atoms with E-state index in [1.165, 1.54) is 16.4 Å². The number of hydrogen-bond acceptors (Lipinski definition) is 3. The van der Waals surface area contributed by atoms with E-state index in [9.17, 15) is 12.8 Å². The highest BCUT2D eigenvalue weighted by Gasteiger charge is 2.31. The molecule has 0 amide bonds. The number of nitrogens with zero attached hydrogens (tertiary/aromatic N) is 1. The number of nitrogens with two attached hydrogens (primary N) is 1. The molecule has 2 rings (SSSR count). The van der Waals surface area contributed by atoms with Gasteiger partial charge in [0.1, 0.15) is 4.90 Å². The van der Waals surface area contributed by atoms with Crippen molar-refractivity contribution in [2.45, 2.75) is 23.8 Å². The molecule has 20 heavy (non-hydrogen) atoms. The SMILES string of the molecule is Cl.NC1CCCN(S(=O)(=O)c2ccc(Cl)c(F)c2Cl)C1. The highest BCUT2D eigenvalue weighted by molar-refractivity contribution is 7.89. The van der Waals surface area contributed by atoms with E-state index in [1.54, 1.807) is 0 Å². The Bertz CT molecular complexity index is 598. The van der Waals surface area contributed by atoms with Gasteiger partial charge in [-0.3, -0.25) is 0 Å². The summed E-state index contributed by atoms with van der Waals surface area (Å²) in [7, 11) is -3.84. The van der Waals surface area contributed by atoms with Crippen LogP contribution < -0.4 is 5.73 Å². The summed E-state index contributed by atoms with van der Waals surface area (Å²) in [6.45, 7) is 0.569. The lowest BCUT2D eigenvalue weighted by Crippen LogP contribution is -2.45. The summed E-state index contributed by atoms with van der Waals surface area (Å²) in [4.78, 5) is -0.273. The number of piperidine rings is 1. The van der Waals surface area contributed by atoms with Gasteiger partial charge in [0.15, 0.2) is 5.82 Å². The van der Waals surface area contributed by atoms with Gasteiger partial charge in [-0.15, -0.1) is 12.4 Å². The molecule has 1 saturated heterocycles. The lowest BCUT2D eigenvalue weighted by molar-refractivity contribution is 0.316. The van der Waals surface area contributed by atoms with Crippen LogP contribution in [-0.4, -0.2) is 31.9 Å². The molecule has 0 radical (unpaired) electrons. The molecule has 1 heterocycles. The standard InChI is InChI=1S/C11H13Cl2FN2O2S.ClH/c12-8-3-4-9(10(13)11(8)14)19(17,18)16-5-1-2-7(15)6-16;/h3-4,7H,1-2,5-6,15H2;1H. The second kappa shape index (κ2) is 6.77. The number of sulfonamides is 1. The molecule has 1 aromatic rings.